The highest BCUT2D eigenvalue weighted by Gasteiger charge is 2.48. The molecular weight excluding hydrogens is 262 g/mol. The van der Waals surface area contributed by atoms with Gasteiger partial charge in [0, 0.05) is 10.6 Å². The Labute approximate surface area is 114 Å². The van der Waals surface area contributed by atoms with Gasteiger partial charge >= 0.3 is 0 Å². The molecule has 2 atom stereocenters. The third-order valence-corrected chi connectivity index (χ3v) is 4.20. The smallest absolute Gasteiger partial charge is 0.259 e. The second-order valence-corrected chi connectivity index (χ2v) is 5.29. The lowest BCUT2D eigenvalue weighted by atomic mass is 9.95. The van der Waals surface area contributed by atoms with E-state index in [-0.39, 0.29) is 11.9 Å². The van der Waals surface area contributed by atoms with Crippen LogP contribution in [0.2, 0.25) is 0 Å². The molecule has 2 aromatic rings. The second-order valence-electron chi connectivity index (χ2n) is 4.31. The van der Waals surface area contributed by atoms with Gasteiger partial charge in [-0.25, -0.2) is 0 Å². The van der Waals surface area contributed by atoms with Crippen molar-refractivity contribution in [3.63, 3.8) is 0 Å². The molecule has 2 heterocycles. The van der Waals surface area contributed by atoms with E-state index in [4.69, 9.17) is 4.74 Å². The maximum absolute atomic E-state index is 11.9. The van der Waals surface area contributed by atoms with Crippen LogP contribution < -0.4 is 9.64 Å². The van der Waals surface area contributed by atoms with Gasteiger partial charge in [0.25, 0.3) is 5.91 Å². The molecule has 3 rings (SSSR count). The Kier molecular flexibility index (Phi) is 3.00. The van der Waals surface area contributed by atoms with Crippen molar-refractivity contribution < 1.29 is 14.6 Å². The van der Waals surface area contributed by atoms with Crippen LogP contribution in [0.5, 0.6) is 5.75 Å². The van der Waals surface area contributed by atoms with E-state index >= 15 is 0 Å². The van der Waals surface area contributed by atoms with Crippen molar-refractivity contribution in [3.8, 4) is 5.75 Å². The molecule has 5 heteroatoms. The van der Waals surface area contributed by atoms with Crippen LogP contribution >= 0.6 is 11.3 Å². The number of carbonyl (C=O) groups is 1. The van der Waals surface area contributed by atoms with E-state index in [9.17, 15) is 9.90 Å². The number of hydrogen-bond acceptors (Lipinski definition) is 4. The number of carbonyl (C=O) groups excluding carboxylic acids is 1. The second kappa shape index (κ2) is 4.68. The van der Waals surface area contributed by atoms with Gasteiger partial charge in [0.15, 0.2) is 6.10 Å². The van der Waals surface area contributed by atoms with Crippen LogP contribution in [-0.2, 0) is 4.79 Å². The lowest BCUT2D eigenvalue weighted by molar-refractivity contribution is -0.136. The Morgan fingerprint density at radius 1 is 1.26 bits per heavy atom. The van der Waals surface area contributed by atoms with Gasteiger partial charge in [-0.2, -0.15) is 0 Å². The molecule has 0 bridgehead atoms. The van der Waals surface area contributed by atoms with Gasteiger partial charge in [0.2, 0.25) is 0 Å². The summed E-state index contributed by atoms with van der Waals surface area (Å²) in [6, 6.07) is 10.8. The first-order valence-corrected chi connectivity index (χ1v) is 6.79. The van der Waals surface area contributed by atoms with Gasteiger partial charge in [-0.15, -0.1) is 11.3 Å². The van der Waals surface area contributed by atoms with Crippen molar-refractivity contribution in [1.29, 1.82) is 0 Å². The van der Waals surface area contributed by atoms with Crippen LogP contribution in [0.3, 0.4) is 0 Å². The summed E-state index contributed by atoms with van der Waals surface area (Å²) in [5, 5.41) is 11.8. The number of anilines is 1. The van der Waals surface area contributed by atoms with E-state index in [1.807, 2.05) is 29.6 Å². The van der Waals surface area contributed by atoms with Gasteiger partial charge in [0.1, 0.15) is 11.8 Å². The molecule has 1 fully saturated rings. The number of β-lactam (4-membered cyclic amide) rings is 1. The van der Waals surface area contributed by atoms with Crippen LogP contribution in [-0.4, -0.2) is 24.2 Å². The van der Waals surface area contributed by atoms with Crippen molar-refractivity contribution in [2.45, 2.75) is 12.1 Å². The Hall–Kier alpha value is -1.85. The molecule has 0 spiro atoms. The zero-order chi connectivity index (χ0) is 13.4. The first-order valence-electron chi connectivity index (χ1n) is 5.91. The predicted octanol–water partition coefficient (Wildman–Crippen LogP) is 2.21. The van der Waals surface area contributed by atoms with Crippen molar-refractivity contribution >= 4 is 22.9 Å². The summed E-state index contributed by atoms with van der Waals surface area (Å²) in [5.41, 5.74) is 0.773. The van der Waals surface area contributed by atoms with Gasteiger partial charge < -0.3 is 9.84 Å². The molecule has 1 saturated heterocycles. The minimum atomic E-state index is -0.944. The van der Waals surface area contributed by atoms with Gasteiger partial charge in [0.05, 0.1) is 7.11 Å². The molecule has 0 radical (unpaired) electrons. The highest BCUT2D eigenvalue weighted by Crippen LogP contribution is 2.41. The number of thiophene rings is 1. The van der Waals surface area contributed by atoms with Gasteiger partial charge in [-0.3, -0.25) is 9.69 Å². The fraction of sp³-hybridized carbons (Fsp3) is 0.214. The Bertz CT molecular complexity index is 579. The first-order chi connectivity index (χ1) is 9.22. The average molecular weight is 275 g/mol. The van der Waals surface area contributed by atoms with E-state index in [2.05, 4.69) is 0 Å². The zero-order valence-corrected chi connectivity index (χ0v) is 11.1. The maximum atomic E-state index is 11.9. The van der Waals surface area contributed by atoms with E-state index in [0.717, 1.165) is 16.3 Å². The Morgan fingerprint density at radius 2 is 2.00 bits per heavy atom. The van der Waals surface area contributed by atoms with Crippen molar-refractivity contribution in [1.82, 2.24) is 0 Å². The monoisotopic (exact) mass is 275 g/mol. The summed E-state index contributed by atoms with van der Waals surface area (Å²) in [4.78, 5) is 14.5. The van der Waals surface area contributed by atoms with E-state index in [0.29, 0.717) is 0 Å². The lowest BCUT2D eigenvalue weighted by Crippen LogP contribution is -2.58. The molecule has 1 aliphatic heterocycles. The highest BCUT2D eigenvalue weighted by atomic mass is 32.1. The molecule has 19 heavy (non-hydrogen) atoms. The van der Waals surface area contributed by atoms with Crippen LogP contribution in [0, 0.1) is 0 Å². The number of aliphatic hydroxyl groups is 1. The fourth-order valence-electron chi connectivity index (χ4n) is 2.25. The molecule has 0 aliphatic carbocycles. The summed E-state index contributed by atoms with van der Waals surface area (Å²) in [6.45, 7) is 0. The zero-order valence-electron chi connectivity index (χ0n) is 10.3. The van der Waals surface area contributed by atoms with E-state index < -0.39 is 6.10 Å². The molecule has 0 unspecified atom stereocenters. The lowest BCUT2D eigenvalue weighted by Gasteiger charge is -2.43. The van der Waals surface area contributed by atoms with Crippen molar-refractivity contribution in [3.05, 3.63) is 46.7 Å². The molecule has 1 aromatic carbocycles. The van der Waals surface area contributed by atoms with E-state index in [1.54, 1.807) is 35.5 Å². The SMILES string of the molecule is COc1ccc(N2C(=O)[C@@H](O)[C@@H]2c2cccs2)cc1. The minimum absolute atomic E-state index is 0.261. The van der Waals surface area contributed by atoms with Crippen LogP contribution in [0.15, 0.2) is 41.8 Å². The van der Waals surface area contributed by atoms with Gasteiger partial charge in [-0.1, -0.05) is 6.07 Å². The Balaban J connectivity index is 1.91. The topological polar surface area (TPSA) is 49.8 Å². The number of amides is 1. The van der Waals surface area contributed by atoms with Crippen molar-refractivity contribution in [2.24, 2.45) is 0 Å². The molecule has 98 valence electrons. The van der Waals surface area contributed by atoms with Crippen LogP contribution in [0.25, 0.3) is 0 Å². The maximum Gasteiger partial charge on any atom is 0.259 e. The van der Waals surface area contributed by atoms with E-state index in [1.165, 1.54) is 0 Å². The molecular formula is C14H13NO3S. The number of hydrogen-bond donors (Lipinski definition) is 1. The summed E-state index contributed by atoms with van der Waals surface area (Å²) in [5.74, 6) is 0.480. The number of nitrogens with zero attached hydrogens (tertiary/aromatic N) is 1. The molecule has 1 N–H and O–H groups in total. The fourth-order valence-corrected chi connectivity index (χ4v) is 3.09. The average Bonchev–Trinajstić information content (AvgIpc) is 2.97. The third-order valence-electron chi connectivity index (χ3n) is 3.25. The molecule has 4 nitrogen and oxygen atoms in total. The Morgan fingerprint density at radius 3 is 2.58 bits per heavy atom. The summed E-state index contributed by atoms with van der Waals surface area (Å²) in [6.07, 6.45) is -0.944. The molecule has 1 aromatic heterocycles. The summed E-state index contributed by atoms with van der Waals surface area (Å²) >= 11 is 1.54. The number of ether oxygens (including phenoxy) is 1. The summed E-state index contributed by atoms with van der Waals surface area (Å²) < 4.78 is 5.10. The molecule has 0 saturated carbocycles. The van der Waals surface area contributed by atoms with Crippen molar-refractivity contribution in [2.75, 3.05) is 12.0 Å². The molecule has 1 aliphatic rings. The van der Waals surface area contributed by atoms with Crippen LogP contribution in [0.4, 0.5) is 5.69 Å². The largest absolute Gasteiger partial charge is 0.497 e. The number of aliphatic hydroxyl groups excluding tert-OH is 1. The first kappa shape index (κ1) is 12.2. The van der Waals surface area contributed by atoms with Crippen LogP contribution in [0.1, 0.15) is 10.9 Å². The normalized spacial score (nSPS) is 22.2. The number of rotatable bonds is 3. The molecule has 1 amide bonds. The standard InChI is InChI=1S/C14H13NO3S/c1-18-10-6-4-9(5-7-10)15-12(13(16)14(15)17)11-3-2-8-19-11/h2-8,12-13,16H,1H3/t12-,13-/m0/s1. The quantitative estimate of drug-likeness (QED) is 0.874. The predicted molar refractivity (Wildman–Crippen MR) is 73.5 cm³/mol. The van der Waals surface area contributed by atoms with Gasteiger partial charge in [-0.05, 0) is 35.7 Å². The highest BCUT2D eigenvalue weighted by molar-refractivity contribution is 7.10. The summed E-state index contributed by atoms with van der Waals surface area (Å²) in [7, 11) is 1.60. The third kappa shape index (κ3) is 1.91. The minimum Gasteiger partial charge on any atom is -0.497 e. The number of methoxy groups -OCH3 is 1. The number of benzene rings is 1.